The molecule has 2 aromatic rings. The quantitative estimate of drug-likeness (QED) is 0.806. The molecule has 6 nitrogen and oxygen atoms in total. The van der Waals surface area contributed by atoms with Gasteiger partial charge in [0.15, 0.2) is 11.5 Å². The van der Waals surface area contributed by atoms with Gasteiger partial charge >= 0.3 is 0 Å². The summed E-state index contributed by atoms with van der Waals surface area (Å²) in [5, 5.41) is 7.70. The average Bonchev–Trinajstić information content (AvgIpc) is 3.03. The van der Waals surface area contributed by atoms with Crippen molar-refractivity contribution in [3.8, 4) is 11.5 Å². The normalized spacial score (nSPS) is 12.1. The molecule has 0 amide bonds. The van der Waals surface area contributed by atoms with Crippen LogP contribution >= 0.6 is 0 Å². The molecule has 0 spiro atoms. The fraction of sp³-hybridized carbons (Fsp3) is 0.467. The molecule has 1 unspecified atom stereocenters. The molecule has 1 aromatic carbocycles. The molecule has 21 heavy (non-hydrogen) atoms. The van der Waals surface area contributed by atoms with Crippen LogP contribution in [0.1, 0.15) is 24.9 Å². The Labute approximate surface area is 125 Å². The lowest BCUT2D eigenvalue weighted by atomic mass is 10.1. The van der Waals surface area contributed by atoms with E-state index in [1.165, 1.54) is 0 Å². The predicted molar refractivity (Wildman–Crippen MR) is 80.6 cm³/mol. The molecular weight excluding hydrogens is 268 g/mol. The summed E-state index contributed by atoms with van der Waals surface area (Å²) in [6, 6.07) is 6.12. The van der Waals surface area contributed by atoms with Crippen LogP contribution in [0.4, 0.5) is 0 Å². The van der Waals surface area contributed by atoms with Gasteiger partial charge in [0.25, 0.3) is 0 Å². The van der Waals surface area contributed by atoms with Gasteiger partial charge in [-0.25, -0.2) is 4.98 Å². The van der Waals surface area contributed by atoms with Crippen LogP contribution < -0.4 is 14.8 Å². The van der Waals surface area contributed by atoms with Gasteiger partial charge in [0.2, 0.25) is 0 Å². The van der Waals surface area contributed by atoms with Gasteiger partial charge in [-0.2, -0.15) is 5.10 Å². The van der Waals surface area contributed by atoms with E-state index in [4.69, 9.17) is 9.47 Å². The number of nitrogens with one attached hydrogen (secondary N) is 1. The zero-order valence-corrected chi connectivity index (χ0v) is 12.7. The predicted octanol–water partition coefficient (Wildman–Crippen LogP) is 2.04. The smallest absolute Gasteiger partial charge is 0.161 e. The number of nitrogens with zero attached hydrogens (tertiary/aromatic N) is 3. The highest BCUT2D eigenvalue weighted by Gasteiger charge is 2.14. The Morgan fingerprint density at radius 3 is 2.67 bits per heavy atom. The number of hydrogen-bond donors (Lipinski definition) is 1. The number of hydrogen-bond acceptors (Lipinski definition) is 5. The largest absolute Gasteiger partial charge is 0.493 e. The highest BCUT2D eigenvalue weighted by atomic mass is 16.5. The third kappa shape index (κ3) is 3.95. The summed E-state index contributed by atoms with van der Waals surface area (Å²) in [6.45, 7) is 3.80. The minimum absolute atomic E-state index is 0.145. The molecule has 0 aliphatic rings. The second kappa shape index (κ2) is 7.64. The molecule has 0 aliphatic carbocycles. The Morgan fingerprint density at radius 2 is 2.05 bits per heavy atom. The average molecular weight is 290 g/mol. The van der Waals surface area contributed by atoms with Crippen LogP contribution in [0, 0.1) is 0 Å². The van der Waals surface area contributed by atoms with Crippen molar-refractivity contribution in [2.75, 3.05) is 20.8 Å². The maximum Gasteiger partial charge on any atom is 0.161 e. The van der Waals surface area contributed by atoms with Gasteiger partial charge < -0.3 is 14.8 Å². The molecule has 0 aliphatic heterocycles. The van der Waals surface area contributed by atoms with Crippen LogP contribution in [0.5, 0.6) is 11.5 Å². The summed E-state index contributed by atoms with van der Waals surface area (Å²) in [5.41, 5.74) is 1.14. The summed E-state index contributed by atoms with van der Waals surface area (Å²) in [5.74, 6) is 1.47. The number of methoxy groups -OCH3 is 2. The number of aromatic nitrogens is 3. The fourth-order valence-electron chi connectivity index (χ4n) is 2.19. The molecule has 0 saturated heterocycles. The maximum absolute atomic E-state index is 5.38. The topological polar surface area (TPSA) is 61.2 Å². The first-order valence-electron chi connectivity index (χ1n) is 7.06. The van der Waals surface area contributed by atoms with Crippen molar-refractivity contribution in [1.29, 1.82) is 0 Å². The number of rotatable bonds is 8. The van der Waals surface area contributed by atoms with Crippen molar-refractivity contribution < 1.29 is 9.47 Å². The van der Waals surface area contributed by atoms with Crippen molar-refractivity contribution in [3.05, 3.63) is 36.4 Å². The molecule has 1 aromatic heterocycles. The van der Waals surface area contributed by atoms with E-state index in [2.05, 4.69) is 22.3 Å². The van der Waals surface area contributed by atoms with Crippen molar-refractivity contribution >= 4 is 0 Å². The fourth-order valence-corrected chi connectivity index (χ4v) is 2.19. The summed E-state index contributed by atoms with van der Waals surface area (Å²) >= 11 is 0. The minimum atomic E-state index is 0.145. The highest BCUT2D eigenvalue weighted by molar-refractivity contribution is 5.43. The second-order valence-electron chi connectivity index (χ2n) is 4.74. The first kappa shape index (κ1) is 15.3. The van der Waals surface area contributed by atoms with E-state index in [9.17, 15) is 0 Å². The third-order valence-corrected chi connectivity index (χ3v) is 3.29. The highest BCUT2D eigenvalue weighted by Crippen LogP contribution is 2.30. The Bertz CT molecular complexity index is 543. The van der Waals surface area contributed by atoms with E-state index in [1.54, 1.807) is 26.9 Å². The van der Waals surface area contributed by atoms with Gasteiger partial charge in [0.1, 0.15) is 12.7 Å². The van der Waals surface area contributed by atoms with Crippen LogP contribution in [0.25, 0.3) is 0 Å². The summed E-state index contributed by atoms with van der Waals surface area (Å²) in [6.07, 6.45) is 4.34. The standard InChI is InChI=1S/C15H22N4O2/c1-4-7-17-13(9-19-11-16-10-18-19)12-5-6-14(20-2)15(8-12)21-3/h5-6,8,10-11,13,17H,4,7,9H2,1-3H3. The molecule has 1 N–H and O–H groups in total. The van der Waals surface area contributed by atoms with Gasteiger partial charge in [0, 0.05) is 0 Å². The number of ether oxygens (including phenoxy) is 2. The van der Waals surface area contributed by atoms with E-state index in [-0.39, 0.29) is 6.04 Å². The van der Waals surface area contributed by atoms with E-state index >= 15 is 0 Å². The molecule has 0 saturated carbocycles. The van der Waals surface area contributed by atoms with Gasteiger partial charge in [-0.15, -0.1) is 0 Å². The second-order valence-corrected chi connectivity index (χ2v) is 4.74. The lowest BCUT2D eigenvalue weighted by molar-refractivity contribution is 0.353. The van der Waals surface area contributed by atoms with Crippen LogP contribution in [-0.2, 0) is 6.54 Å². The molecule has 0 bridgehead atoms. The lowest BCUT2D eigenvalue weighted by Gasteiger charge is -2.20. The van der Waals surface area contributed by atoms with Gasteiger partial charge in [-0.05, 0) is 30.7 Å². The van der Waals surface area contributed by atoms with Crippen molar-refractivity contribution in [1.82, 2.24) is 20.1 Å². The summed E-state index contributed by atoms with van der Waals surface area (Å²) in [7, 11) is 3.29. The summed E-state index contributed by atoms with van der Waals surface area (Å²) in [4.78, 5) is 3.99. The molecular formula is C15H22N4O2. The monoisotopic (exact) mass is 290 g/mol. The molecule has 1 heterocycles. The molecule has 6 heteroatoms. The Balaban J connectivity index is 2.22. The minimum Gasteiger partial charge on any atom is -0.493 e. The Kier molecular flexibility index (Phi) is 5.57. The van der Waals surface area contributed by atoms with Gasteiger partial charge in [-0.3, -0.25) is 4.68 Å². The van der Waals surface area contributed by atoms with Crippen molar-refractivity contribution in [2.45, 2.75) is 25.9 Å². The van der Waals surface area contributed by atoms with Crippen molar-refractivity contribution in [3.63, 3.8) is 0 Å². The van der Waals surface area contributed by atoms with E-state index in [0.29, 0.717) is 0 Å². The zero-order valence-electron chi connectivity index (χ0n) is 12.7. The van der Waals surface area contributed by atoms with Gasteiger partial charge in [-0.1, -0.05) is 13.0 Å². The van der Waals surface area contributed by atoms with Crippen LogP contribution in [-0.4, -0.2) is 35.5 Å². The van der Waals surface area contributed by atoms with Crippen LogP contribution in [0.15, 0.2) is 30.9 Å². The summed E-state index contributed by atoms with van der Waals surface area (Å²) < 4.78 is 12.5. The van der Waals surface area contributed by atoms with E-state index < -0.39 is 0 Å². The first-order valence-corrected chi connectivity index (χ1v) is 7.06. The maximum atomic E-state index is 5.38. The molecule has 0 radical (unpaired) electrons. The van der Waals surface area contributed by atoms with Crippen LogP contribution in [0.2, 0.25) is 0 Å². The molecule has 1 atom stereocenters. The zero-order chi connectivity index (χ0) is 15.1. The van der Waals surface area contributed by atoms with E-state index in [0.717, 1.165) is 36.6 Å². The van der Waals surface area contributed by atoms with Crippen LogP contribution in [0.3, 0.4) is 0 Å². The third-order valence-electron chi connectivity index (χ3n) is 3.29. The van der Waals surface area contributed by atoms with E-state index in [1.807, 2.05) is 22.9 Å². The van der Waals surface area contributed by atoms with Gasteiger partial charge in [0.05, 0.1) is 26.8 Å². The molecule has 2 rings (SSSR count). The molecule has 114 valence electrons. The first-order chi connectivity index (χ1) is 10.3. The Hall–Kier alpha value is -2.08. The number of benzene rings is 1. The SMILES string of the molecule is CCCNC(Cn1cncn1)c1ccc(OC)c(OC)c1. The van der Waals surface area contributed by atoms with Crippen molar-refractivity contribution in [2.24, 2.45) is 0 Å². The lowest BCUT2D eigenvalue weighted by Crippen LogP contribution is -2.26. The molecule has 0 fully saturated rings. The Morgan fingerprint density at radius 1 is 1.24 bits per heavy atom.